The van der Waals surface area contributed by atoms with Gasteiger partial charge >= 0.3 is 11.8 Å². The first-order valence-electron chi connectivity index (χ1n) is 18.2. The third kappa shape index (κ3) is 4.98. The molecule has 0 aliphatic rings. The molecule has 0 bridgehead atoms. The summed E-state index contributed by atoms with van der Waals surface area (Å²) in [5, 5.41) is 4.65. The second kappa shape index (κ2) is 12.5. The number of nitrogens with zero attached hydrogens (tertiary/aromatic N) is 2. The van der Waals surface area contributed by atoms with Crippen LogP contribution in [0.25, 0.3) is 87.7 Å². The van der Waals surface area contributed by atoms with Gasteiger partial charge in [0.2, 0.25) is 0 Å². The van der Waals surface area contributed by atoms with Crippen molar-refractivity contribution in [2.45, 2.75) is 11.8 Å². The van der Waals surface area contributed by atoms with Crippen molar-refractivity contribution in [2.24, 2.45) is 0 Å². The van der Waals surface area contributed by atoms with E-state index in [4.69, 9.17) is 0 Å². The summed E-state index contributed by atoms with van der Waals surface area (Å²) in [4.78, 5) is 0. The van der Waals surface area contributed by atoms with Crippen LogP contribution >= 0.6 is 0 Å². The molecule has 0 N–H and O–H groups in total. The van der Waals surface area contributed by atoms with Crippen LogP contribution in [0.2, 0.25) is 0 Å². The van der Waals surface area contributed by atoms with Crippen LogP contribution in [0.3, 0.4) is 0 Å². The zero-order valence-corrected chi connectivity index (χ0v) is 29.6. The molecule has 0 aliphatic carbocycles. The van der Waals surface area contributed by atoms with Gasteiger partial charge in [-0.1, -0.05) is 103 Å². The maximum atomic E-state index is 16.1. The zero-order chi connectivity index (χ0) is 38.3. The minimum atomic E-state index is -4.38. The summed E-state index contributed by atoms with van der Waals surface area (Å²) in [6.45, 7) is -4.49. The van der Waals surface area contributed by atoms with Crippen molar-refractivity contribution in [3.05, 3.63) is 169 Å². The Kier molecular flexibility index (Phi) is 7.58. The second-order valence-corrected chi connectivity index (χ2v) is 14.2. The number of alkyl halides is 6. The van der Waals surface area contributed by atoms with E-state index in [1.54, 1.807) is 42.5 Å². The Morgan fingerprint density at radius 3 is 1.50 bits per heavy atom. The Balaban J connectivity index is 1.26. The van der Waals surface area contributed by atoms with Gasteiger partial charge in [-0.3, -0.25) is 0 Å². The molecule has 0 radical (unpaired) electrons. The van der Waals surface area contributed by atoms with Gasteiger partial charge in [-0.25, -0.2) is 8.78 Å². The standard InChI is InChI=1S/C48H30F6N2/c49-27-47(51,52)45-36-21-18-29-10-4-5-13-33(29)37(36)26-44(46(45)48(53,54)28-50)56-41-17-9-7-15-35(41)39-25-31(20-23-43(39)56)30-19-22-42-38(24-30)34-14-6-8-16-40(34)55(42)32-11-2-1-3-12-32/h1-26H,27-28H2. The van der Waals surface area contributed by atoms with Gasteiger partial charge in [0.15, 0.2) is 13.3 Å². The number of benzene rings is 8. The highest BCUT2D eigenvalue weighted by molar-refractivity contribution is 6.14. The van der Waals surface area contributed by atoms with E-state index in [9.17, 15) is 8.78 Å². The highest BCUT2D eigenvalue weighted by atomic mass is 19.3. The molecule has 0 amide bonds. The molecule has 8 aromatic carbocycles. The van der Waals surface area contributed by atoms with Crippen LogP contribution in [0, 0.1) is 0 Å². The highest BCUT2D eigenvalue weighted by Gasteiger charge is 2.47. The van der Waals surface area contributed by atoms with E-state index in [1.165, 1.54) is 22.8 Å². The second-order valence-electron chi connectivity index (χ2n) is 14.2. The maximum Gasteiger partial charge on any atom is 0.303 e. The molecule has 2 aromatic heterocycles. The molecule has 274 valence electrons. The van der Waals surface area contributed by atoms with Crippen LogP contribution < -0.4 is 0 Å². The van der Waals surface area contributed by atoms with E-state index in [0.717, 1.165) is 38.6 Å². The molecule has 8 heteroatoms. The van der Waals surface area contributed by atoms with Gasteiger partial charge in [-0.15, -0.1) is 0 Å². The van der Waals surface area contributed by atoms with Crippen LogP contribution in [-0.2, 0) is 11.8 Å². The lowest BCUT2D eigenvalue weighted by Crippen LogP contribution is -2.28. The fraction of sp³-hybridized carbons (Fsp3) is 0.0833. The number of rotatable bonds is 7. The van der Waals surface area contributed by atoms with Crippen molar-refractivity contribution in [1.29, 1.82) is 0 Å². The van der Waals surface area contributed by atoms with E-state index in [0.29, 0.717) is 32.6 Å². The first-order valence-corrected chi connectivity index (χ1v) is 18.2. The van der Waals surface area contributed by atoms with Gasteiger partial charge in [0.25, 0.3) is 0 Å². The van der Waals surface area contributed by atoms with Crippen LogP contribution in [0.4, 0.5) is 26.3 Å². The molecule has 0 saturated heterocycles. The topological polar surface area (TPSA) is 9.86 Å². The summed E-state index contributed by atoms with van der Waals surface area (Å²) in [5.41, 5.74) is 3.00. The number of fused-ring (bicyclic) bond motifs is 9. The molecular formula is C48H30F6N2. The van der Waals surface area contributed by atoms with Crippen molar-refractivity contribution in [3.63, 3.8) is 0 Å². The minimum Gasteiger partial charge on any atom is -0.309 e. The first-order chi connectivity index (χ1) is 27.2. The molecule has 56 heavy (non-hydrogen) atoms. The van der Waals surface area contributed by atoms with Crippen LogP contribution in [0.15, 0.2) is 158 Å². The van der Waals surface area contributed by atoms with Crippen molar-refractivity contribution < 1.29 is 26.3 Å². The Hall–Kier alpha value is -6.54. The Morgan fingerprint density at radius 2 is 0.875 bits per heavy atom. The molecule has 2 nitrogen and oxygen atoms in total. The summed E-state index contributed by atoms with van der Waals surface area (Å²) >= 11 is 0. The number of halogens is 6. The summed E-state index contributed by atoms with van der Waals surface area (Å²) in [7, 11) is 0. The molecule has 0 atom stereocenters. The zero-order valence-electron chi connectivity index (χ0n) is 29.6. The predicted octanol–water partition coefficient (Wildman–Crippen LogP) is 14.0. The van der Waals surface area contributed by atoms with E-state index < -0.39 is 36.3 Å². The summed E-state index contributed by atoms with van der Waals surface area (Å²) in [6.07, 6.45) is 0. The third-order valence-electron chi connectivity index (χ3n) is 11.0. The average molecular weight is 749 g/mol. The van der Waals surface area contributed by atoms with Gasteiger partial charge in [0.1, 0.15) is 0 Å². The third-order valence-corrected chi connectivity index (χ3v) is 11.0. The molecule has 0 saturated carbocycles. The van der Waals surface area contributed by atoms with E-state index >= 15 is 17.6 Å². The predicted molar refractivity (Wildman–Crippen MR) is 215 cm³/mol. The van der Waals surface area contributed by atoms with Gasteiger partial charge in [0, 0.05) is 32.8 Å². The molecule has 0 aliphatic heterocycles. The SMILES string of the molecule is FCC(F)(F)c1c(-n2c3ccccc3c3cc(-c4ccc5c(c4)c4ccccc4n5-c4ccccc4)ccc32)cc2c(ccc3ccccc32)c1C(F)(F)CF. The van der Waals surface area contributed by atoms with Crippen LogP contribution in [0.5, 0.6) is 0 Å². The molecule has 10 rings (SSSR count). The molecule has 0 spiro atoms. The largest absolute Gasteiger partial charge is 0.309 e. The Labute approximate surface area is 316 Å². The summed E-state index contributed by atoms with van der Waals surface area (Å²) < 4.78 is 96.5. The fourth-order valence-corrected chi connectivity index (χ4v) is 8.62. The number of para-hydroxylation sites is 3. The first kappa shape index (κ1) is 34.0. The normalized spacial score (nSPS) is 12.6. The number of hydrogen-bond donors (Lipinski definition) is 0. The molecule has 10 aromatic rings. The van der Waals surface area contributed by atoms with E-state index in [2.05, 4.69) is 41.0 Å². The maximum absolute atomic E-state index is 16.1. The van der Waals surface area contributed by atoms with Crippen molar-refractivity contribution in [1.82, 2.24) is 9.13 Å². The van der Waals surface area contributed by atoms with Crippen molar-refractivity contribution in [3.8, 4) is 22.5 Å². The number of hydrogen-bond acceptors (Lipinski definition) is 0. The smallest absolute Gasteiger partial charge is 0.303 e. The van der Waals surface area contributed by atoms with Gasteiger partial charge in [-0.05, 0) is 87.3 Å². The summed E-state index contributed by atoms with van der Waals surface area (Å²) in [6, 6.07) is 48.6. The fourth-order valence-electron chi connectivity index (χ4n) is 8.62. The highest BCUT2D eigenvalue weighted by Crippen LogP contribution is 2.49. The minimum absolute atomic E-state index is 0.227. The van der Waals surface area contributed by atoms with Crippen molar-refractivity contribution in [2.75, 3.05) is 13.3 Å². The van der Waals surface area contributed by atoms with Gasteiger partial charge in [0.05, 0.1) is 33.3 Å². The lowest BCUT2D eigenvalue weighted by atomic mass is 9.87. The molecular weight excluding hydrogens is 719 g/mol. The quantitative estimate of drug-likeness (QED) is 0.113. The lowest BCUT2D eigenvalue weighted by molar-refractivity contribution is -0.0517. The van der Waals surface area contributed by atoms with Crippen LogP contribution in [0.1, 0.15) is 11.1 Å². The van der Waals surface area contributed by atoms with E-state index in [-0.39, 0.29) is 16.5 Å². The number of aromatic nitrogens is 2. The van der Waals surface area contributed by atoms with Crippen LogP contribution in [-0.4, -0.2) is 22.5 Å². The monoisotopic (exact) mass is 748 g/mol. The lowest BCUT2D eigenvalue weighted by Gasteiger charge is -2.28. The molecule has 2 heterocycles. The Bertz CT molecular complexity index is 3180. The van der Waals surface area contributed by atoms with Gasteiger partial charge in [-0.2, -0.15) is 17.6 Å². The Morgan fingerprint density at radius 1 is 0.375 bits per heavy atom. The average Bonchev–Trinajstić information content (AvgIpc) is 3.75. The van der Waals surface area contributed by atoms with E-state index in [1.807, 2.05) is 60.7 Å². The molecule has 0 fully saturated rings. The molecule has 0 unspecified atom stereocenters. The van der Waals surface area contributed by atoms with Crippen molar-refractivity contribution >= 4 is 65.2 Å². The summed E-state index contributed by atoms with van der Waals surface area (Å²) in [5.74, 6) is -8.73. The van der Waals surface area contributed by atoms with Gasteiger partial charge < -0.3 is 9.13 Å².